The van der Waals surface area contributed by atoms with E-state index in [1.807, 2.05) is 0 Å². The van der Waals surface area contributed by atoms with Crippen molar-refractivity contribution in [3.8, 4) is 11.5 Å². The predicted octanol–water partition coefficient (Wildman–Crippen LogP) is 2.08. The van der Waals surface area contributed by atoms with Crippen molar-refractivity contribution >= 4 is 17.8 Å². The highest BCUT2D eigenvalue weighted by molar-refractivity contribution is 5.95. The molecule has 118 valence electrons. The number of nitro benzene ring substituents is 1. The maximum absolute atomic E-state index is 11.9. The summed E-state index contributed by atoms with van der Waals surface area (Å²) >= 11 is 0. The second kappa shape index (κ2) is 6.56. The quantitative estimate of drug-likeness (QED) is 0.345. The fourth-order valence-corrected chi connectivity index (χ4v) is 1.80. The van der Waals surface area contributed by atoms with Crippen LogP contribution in [0, 0.1) is 17.0 Å². The van der Waals surface area contributed by atoms with Crippen LogP contribution in [0.15, 0.2) is 41.5 Å². The molecule has 2 aromatic rings. The summed E-state index contributed by atoms with van der Waals surface area (Å²) in [6.45, 7) is 1.58. The van der Waals surface area contributed by atoms with Gasteiger partial charge in [-0.15, -0.1) is 0 Å². The van der Waals surface area contributed by atoms with Crippen LogP contribution in [-0.2, 0) is 0 Å². The molecule has 8 nitrogen and oxygen atoms in total. The molecule has 0 aliphatic heterocycles. The Bertz CT molecular complexity index is 802. The summed E-state index contributed by atoms with van der Waals surface area (Å²) < 4.78 is 0. The topological polar surface area (TPSA) is 125 Å². The molecule has 0 aliphatic rings. The second-order valence-corrected chi connectivity index (χ2v) is 4.71. The number of hydrogen-bond acceptors (Lipinski definition) is 6. The van der Waals surface area contributed by atoms with Crippen molar-refractivity contribution in [3.05, 3.63) is 63.2 Å². The molecule has 0 aromatic heterocycles. The molecule has 0 unspecified atom stereocenters. The maximum Gasteiger partial charge on any atom is 0.273 e. The number of phenols is 2. The monoisotopic (exact) mass is 315 g/mol. The van der Waals surface area contributed by atoms with Gasteiger partial charge >= 0.3 is 0 Å². The lowest BCUT2D eigenvalue weighted by atomic mass is 10.1. The number of nitro groups is 1. The first-order valence-electron chi connectivity index (χ1n) is 6.49. The first-order chi connectivity index (χ1) is 10.9. The van der Waals surface area contributed by atoms with Crippen molar-refractivity contribution in [1.82, 2.24) is 5.43 Å². The third kappa shape index (κ3) is 3.82. The number of aryl methyl sites for hydroxylation is 1. The molecule has 0 aliphatic carbocycles. The van der Waals surface area contributed by atoms with Gasteiger partial charge in [-0.05, 0) is 36.8 Å². The number of aromatic hydroxyl groups is 2. The average molecular weight is 315 g/mol. The minimum absolute atomic E-state index is 0.105. The summed E-state index contributed by atoms with van der Waals surface area (Å²) in [6, 6.07) is 8.14. The molecule has 2 rings (SSSR count). The summed E-state index contributed by atoms with van der Waals surface area (Å²) in [7, 11) is 0. The molecule has 0 saturated carbocycles. The lowest BCUT2D eigenvalue weighted by Gasteiger charge is -2.02. The number of benzene rings is 2. The molecule has 0 radical (unpaired) electrons. The fourth-order valence-electron chi connectivity index (χ4n) is 1.80. The number of amides is 1. The Morgan fingerprint density at radius 2 is 1.96 bits per heavy atom. The zero-order valence-corrected chi connectivity index (χ0v) is 12.1. The summed E-state index contributed by atoms with van der Waals surface area (Å²) in [5.41, 5.74) is 3.09. The standard InChI is InChI=1S/C15H13N3O5/c1-9-2-4-11(7-12(9)18(22)23)15(21)17-16-8-10-3-5-13(19)14(20)6-10/h2-8,19-20H,1H3,(H,17,21). The van der Waals surface area contributed by atoms with E-state index in [0.29, 0.717) is 11.1 Å². The van der Waals surface area contributed by atoms with Gasteiger partial charge in [0.1, 0.15) is 0 Å². The highest BCUT2D eigenvalue weighted by atomic mass is 16.6. The van der Waals surface area contributed by atoms with Gasteiger partial charge in [0.25, 0.3) is 11.6 Å². The Hall–Kier alpha value is -3.42. The van der Waals surface area contributed by atoms with E-state index < -0.39 is 10.8 Å². The first kappa shape index (κ1) is 16.0. The maximum atomic E-state index is 11.9. The molecule has 23 heavy (non-hydrogen) atoms. The number of hydrazone groups is 1. The van der Waals surface area contributed by atoms with Crippen molar-refractivity contribution < 1.29 is 19.9 Å². The van der Waals surface area contributed by atoms with E-state index in [1.165, 1.54) is 42.6 Å². The van der Waals surface area contributed by atoms with Gasteiger partial charge in [-0.3, -0.25) is 14.9 Å². The Balaban J connectivity index is 2.10. The minimum Gasteiger partial charge on any atom is -0.504 e. The Kier molecular flexibility index (Phi) is 4.55. The number of nitrogens with zero attached hydrogens (tertiary/aromatic N) is 2. The number of nitrogens with one attached hydrogen (secondary N) is 1. The zero-order chi connectivity index (χ0) is 17.0. The molecule has 0 bridgehead atoms. The Labute approximate surface area is 130 Å². The number of carbonyl (C=O) groups is 1. The molecular weight excluding hydrogens is 302 g/mol. The van der Waals surface area contributed by atoms with Crippen LogP contribution in [0.3, 0.4) is 0 Å². The summed E-state index contributed by atoms with van der Waals surface area (Å²) in [6.07, 6.45) is 1.26. The van der Waals surface area contributed by atoms with Gasteiger partial charge in [-0.1, -0.05) is 6.07 Å². The van der Waals surface area contributed by atoms with E-state index in [2.05, 4.69) is 10.5 Å². The van der Waals surface area contributed by atoms with E-state index >= 15 is 0 Å². The number of carbonyl (C=O) groups excluding carboxylic acids is 1. The van der Waals surface area contributed by atoms with Gasteiger partial charge in [0.05, 0.1) is 11.1 Å². The van der Waals surface area contributed by atoms with E-state index in [4.69, 9.17) is 0 Å². The second-order valence-electron chi connectivity index (χ2n) is 4.71. The van der Waals surface area contributed by atoms with Crippen LogP contribution in [0.25, 0.3) is 0 Å². The number of hydrogen-bond donors (Lipinski definition) is 3. The normalized spacial score (nSPS) is 10.7. The van der Waals surface area contributed by atoms with Crippen molar-refractivity contribution in [1.29, 1.82) is 0 Å². The molecule has 8 heteroatoms. The molecule has 0 spiro atoms. The lowest BCUT2D eigenvalue weighted by molar-refractivity contribution is -0.385. The van der Waals surface area contributed by atoms with Crippen LogP contribution in [0.5, 0.6) is 11.5 Å². The highest BCUT2D eigenvalue weighted by Crippen LogP contribution is 2.24. The molecule has 0 fully saturated rings. The molecule has 1 amide bonds. The molecular formula is C15H13N3O5. The third-order valence-corrected chi connectivity index (χ3v) is 3.05. The van der Waals surface area contributed by atoms with E-state index in [1.54, 1.807) is 6.92 Å². The molecule has 2 aromatic carbocycles. The zero-order valence-electron chi connectivity index (χ0n) is 12.1. The smallest absolute Gasteiger partial charge is 0.273 e. The van der Waals surface area contributed by atoms with E-state index in [-0.39, 0.29) is 22.7 Å². The van der Waals surface area contributed by atoms with Gasteiger partial charge in [0.15, 0.2) is 11.5 Å². The highest BCUT2D eigenvalue weighted by Gasteiger charge is 2.14. The van der Waals surface area contributed by atoms with Crippen LogP contribution in [0.2, 0.25) is 0 Å². The first-order valence-corrected chi connectivity index (χ1v) is 6.49. The SMILES string of the molecule is Cc1ccc(C(=O)NN=Cc2ccc(O)c(O)c2)cc1[N+](=O)[O-]. The lowest BCUT2D eigenvalue weighted by Crippen LogP contribution is -2.17. The van der Waals surface area contributed by atoms with E-state index in [9.17, 15) is 25.1 Å². The third-order valence-electron chi connectivity index (χ3n) is 3.05. The number of rotatable bonds is 4. The molecule has 0 atom stereocenters. The Morgan fingerprint density at radius 1 is 1.22 bits per heavy atom. The van der Waals surface area contributed by atoms with Crippen LogP contribution in [0.1, 0.15) is 21.5 Å². The predicted molar refractivity (Wildman–Crippen MR) is 82.7 cm³/mol. The van der Waals surface area contributed by atoms with Crippen molar-refractivity contribution in [3.63, 3.8) is 0 Å². The summed E-state index contributed by atoms with van der Waals surface area (Å²) in [5, 5.41) is 33.1. The minimum atomic E-state index is -0.604. The summed E-state index contributed by atoms with van der Waals surface area (Å²) in [5.74, 6) is -1.18. The molecule has 3 N–H and O–H groups in total. The van der Waals surface area contributed by atoms with Gasteiger partial charge in [0, 0.05) is 17.2 Å². The van der Waals surface area contributed by atoms with Crippen molar-refractivity contribution in [2.75, 3.05) is 0 Å². The van der Waals surface area contributed by atoms with Crippen molar-refractivity contribution in [2.45, 2.75) is 6.92 Å². The summed E-state index contributed by atoms with van der Waals surface area (Å²) in [4.78, 5) is 22.2. The molecule has 0 heterocycles. The van der Waals surface area contributed by atoms with Gasteiger partial charge in [-0.2, -0.15) is 5.10 Å². The van der Waals surface area contributed by atoms with Crippen LogP contribution < -0.4 is 5.43 Å². The van der Waals surface area contributed by atoms with Gasteiger partial charge in [0.2, 0.25) is 0 Å². The number of phenolic OH excluding ortho intramolecular Hbond substituents is 2. The van der Waals surface area contributed by atoms with Gasteiger partial charge < -0.3 is 10.2 Å². The Morgan fingerprint density at radius 3 is 2.61 bits per heavy atom. The fraction of sp³-hybridized carbons (Fsp3) is 0.0667. The van der Waals surface area contributed by atoms with Crippen molar-refractivity contribution in [2.24, 2.45) is 5.10 Å². The van der Waals surface area contributed by atoms with Crippen LogP contribution in [0.4, 0.5) is 5.69 Å². The van der Waals surface area contributed by atoms with Crippen LogP contribution in [-0.4, -0.2) is 27.3 Å². The molecule has 0 saturated heterocycles. The largest absolute Gasteiger partial charge is 0.504 e. The average Bonchev–Trinajstić information content (AvgIpc) is 2.50. The van der Waals surface area contributed by atoms with E-state index in [0.717, 1.165) is 0 Å². The van der Waals surface area contributed by atoms with Crippen LogP contribution >= 0.6 is 0 Å². The van der Waals surface area contributed by atoms with Gasteiger partial charge in [-0.25, -0.2) is 5.43 Å².